The Balaban J connectivity index is 1.52. The lowest BCUT2D eigenvalue weighted by Gasteiger charge is -2.33. The third kappa shape index (κ3) is 4.63. The van der Waals surface area contributed by atoms with Gasteiger partial charge in [-0.25, -0.2) is 4.98 Å². The number of anilines is 1. The Kier molecular flexibility index (Phi) is 6.35. The van der Waals surface area contributed by atoms with Gasteiger partial charge in [0, 0.05) is 19.1 Å². The number of amides is 1. The molecule has 4 rings (SSSR count). The van der Waals surface area contributed by atoms with Gasteiger partial charge in [-0.15, -0.1) is 0 Å². The van der Waals surface area contributed by atoms with Crippen LogP contribution in [0.2, 0.25) is 0 Å². The molecular formula is C23H28N4O4. The lowest BCUT2D eigenvalue weighted by Crippen LogP contribution is -2.37. The van der Waals surface area contributed by atoms with E-state index in [2.05, 4.69) is 21.4 Å². The van der Waals surface area contributed by atoms with E-state index in [0.717, 1.165) is 37.1 Å². The summed E-state index contributed by atoms with van der Waals surface area (Å²) in [5, 5.41) is 22.1. The number of nitrogens with one attached hydrogen (secondary N) is 1. The predicted molar refractivity (Wildman–Crippen MR) is 115 cm³/mol. The van der Waals surface area contributed by atoms with Crippen LogP contribution < -0.4 is 10.1 Å². The van der Waals surface area contributed by atoms with Gasteiger partial charge in [-0.2, -0.15) is 5.26 Å². The predicted octanol–water partition coefficient (Wildman–Crippen LogP) is 3.31. The zero-order valence-corrected chi connectivity index (χ0v) is 17.8. The van der Waals surface area contributed by atoms with E-state index in [4.69, 9.17) is 14.7 Å². The molecule has 1 aliphatic heterocycles. The van der Waals surface area contributed by atoms with Gasteiger partial charge in [0.1, 0.15) is 11.3 Å². The SMILES string of the molecule is COc1ccc(C2CCOCC2)c2ncc(NC(=O)C3CCC(O)(CC#N)CC3)nc12. The number of aliphatic hydroxyl groups is 1. The van der Waals surface area contributed by atoms with E-state index < -0.39 is 5.60 Å². The second kappa shape index (κ2) is 9.16. The number of nitrogens with zero attached hydrogens (tertiary/aromatic N) is 3. The highest BCUT2D eigenvalue weighted by Gasteiger charge is 2.35. The number of aromatic nitrogens is 2. The minimum atomic E-state index is -0.970. The summed E-state index contributed by atoms with van der Waals surface area (Å²) in [5.74, 6) is 1.02. The molecule has 0 unspecified atom stereocenters. The molecule has 2 N–H and O–H groups in total. The summed E-state index contributed by atoms with van der Waals surface area (Å²) in [6, 6.07) is 5.99. The molecule has 164 valence electrons. The molecule has 1 aromatic carbocycles. The van der Waals surface area contributed by atoms with Crippen LogP contribution in [0, 0.1) is 17.2 Å². The van der Waals surface area contributed by atoms with Crippen LogP contribution in [0.25, 0.3) is 11.0 Å². The van der Waals surface area contributed by atoms with Gasteiger partial charge in [0.2, 0.25) is 5.91 Å². The van der Waals surface area contributed by atoms with Crippen molar-refractivity contribution in [2.75, 3.05) is 25.6 Å². The van der Waals surface area contributed by atoms with E-state index in [1.54, 1.807) is 13.3 Å². The average molecular weight is 425 g/mol. The number of carbonyl (C=O) groups excluding carboxylic acids is 1. The molecule has 1 saturated carbocycles. The summed E-state index contributed by atoms with van der Waals surface area (Å²) in [5.41, 5.74) is 1.59. The summed E-state index contributed by atoms with van der Waals surface area (Å²) in [6.07, 6.45) is 5.58. The van der Waals surface area contributed by atoms with Gasteiger partial charge in [-0.05, 0) is 56.1 Å². The molecule has 8 heteroatoms. The molecule has 1 aliphatic carbocycles. The van der Waals surface area contributed by atoms with Crippen LogP contribution in [0.1, 0.15) is 56.4 Å². The Morgan fingerprint density at radius 2 is 2.03 bits per heavy atom. The van der Waals surface area contributed by atoms with Crippen LogP contribution in [0.4, 0.5) is 5.82 Å². The van der Waals surface area contributed by atoms with Crippen molar-refractivity contribution in [1.82, 2.24) is 9.97 Å². The average Bonchev–Trinajstić information content (AvgIpc) is 2.79. The fourth-order valence-corrected chi connectivity index (χ4v) is 4.63. The number of rotatable bonds is 5. The first-order valence-corrected chi connectivity index (χ1v) is 10.8. The van der Waals surface area contributed by atoms with E-state index >= 15 is 0 Å². The Morgan fingerprint density at radius 3 is 2.71 bits per heavy atom. The standard InChI is InChI=1S/C23H28N4O4/c1-30-18-3-2-17(15-6-12-31-13-7-15)20-21(18)26-19(14-25-20)27-22(28)16-4-8-23(29,9-5-16)10-11-24/h2-3,14-16,29H,4-10,12-13H2,1H3,(H,26,27,28). The molecule has 1 amide bonds. The summed E-state index contributed by atoms with van der Waals surface area (Å²) in [6.45, 7) is 1.48. The van der Waals surface area contributed by atoms with Crippen LogP contribution in [-0.2, 0) is 9.53 Å². The third-order valence-corrected chi connectivity index (χ3v) is 6.52. The fourth-order valence-electron chi connectivity index (χ4n) is 4.63. The molecular weight excluding hydrogens is 396 g/mol. The molecule has 1 saturated heterocycles. The van der Waals surface area contributed by atoms with Crippen LogP contribution in [0.5, 0.6) is 5.75 Å². The number of hydrogen-bond donors (Lipinski definition) is 2. The summed E-state index contributed by atoms with van der Waals surface area (Å²) >= 11 is 0. The van der Waals surface area contributed by atoms with E-state index in [9.17, 15) is 9.90 Å². The number of hydrogen-bond acceptors (Lipinski definition) is 7. The number of methoxy groups -OCH3 is 1. The minimum absolute atomic E-state index is 0.104. The molecule has 2 heterocycles. The quantitative estimate of drug-likeness (QED) is 0.756. The monoisotopic (exact) mass is 424 g/mol. The van der Waals surface area contributed by atoms with Crippen molar-refractivity contribution in [3.63, 3.8) is 0 Å². The molecule has 31 heavy (non-hydrogen) atoms. The first-order valence-electron chi connectivity index (χ1n) is 10.8. The van der Waals surface area contributed by atoms with Gasteiger partial charge < -0.3 is 19.9 Å². The maximum absolute atomic E-state index is 12.8. The molecule has 0 atom stereocenters. The van der Waals surface area contributed by atoms with Crippen molar-refractivity contribution in [3.8, 4) is 11.8 Å². The van der Waals surface area contributed by atoms with Gasteiger partial charge in [-0.3, -0.25) is 9.78 Å². The van der Waals surface area contributed by atoms with Crippen molar-refractivity contribution >= 4 is 22.8 Å². The Bertz CT molecular complexity index is 989. The number of fused-ring (bicyclic) bond motifs is 1. The second-order valence-corrected chi connectivity index (χ2v) is 8.52. The van der Waals surface area contributed by atoms with Crippen LogP contribution >= 0.6 is 0 Å². The van der Waals surface area contributed by atoms with E-state index in [-0.39, 0.29) is 18.2 Å². The molecule has 0 radical (unpaired) electrons. The Morgan fingerprint density at radius 1 is 1.29 bits per heavy atom. The molecule has 2 aliphatic rings. The normalized spacial score (nSPS) is 24.5. The largest absolute Gasteiger partial charge is 0.494 e. The van der Waals surface area contributed by atoms with Gasteiger partial charge in [0.25, 0.3) is 0 Å². The number of carbonyl (C=O) groups is 1. The molecule has 2 aromatic rings. The first kappa shape index (κ1) is 21.5. The van der Waals surface area contributed by atoms with Crippen LogP contribution in [0.3, 0.4) is 0 Å². The van der Waals surface area contributed by atoms with E-state index in [0.29, 0.717) is 48.7 Å². The van der Waals surface area contributed by atoms with Crippen LogP contribution in [0.15, 0.2) is 18.3 Å². The van der Waals surface area contributed by atoms with E-state index in [1.165, 1.54) is 0 Å². The highest BCUT2D eigenvalue weighted by Crippen LogP contribution is 2.36. The van der Waals surface area contributed by atoms with Crippen molar-refractivity contribution in [2.45, 2.75) is 56.5 Å². The first-order chi connectivity index (χ1) is 15.0. The summed E-state index contributed by atoms with van der Waals surface area (Å²) in [7, 11) is 1.60. The van der Waals surface area contributed by atoms with Crippen molar-refractivity contribution in [1.29, 1.82) is 5.26 Å². The molecule has 0 bridgehead atoms. The fraction of sp³-hybridized carbons (Fsp3) is 0.565. The highest BCUT2D eigenvalue weighted by atomic mass is 16.5. The highest BCUT2D eigenvalue weighted by molar-refractivity contribution is 5.93. The minimum Gasteiger partial charge on any atom is -0.494 e. The summed E-state index contributed by atoms with van der Waals surface area (Å²) in [4.78, 5) is 22.1. The van der Waals surface area contributed by atoms with Crippen LogP contribution in [-0.4, -0.2) is 46.9 Å². The van der Waals surface area contributed by atoms with Gasteiger partial charge >= 0.3 is 0 Å². The zero-order valence-electron chi connectivity index (χ0n) is 17.8. The molecule has 8 nitrogen and oxygen atoms in total. The van der Waals surface area contributed by atoms with E-state index in [1.807, 2.05) is 12.1 Å². The molecule has 2 fully saturated rings. The third-order valence-electron chi connectivity index (χ3n) is 6.52. The molecule has 1 aromatic heterocycles. The Hall–Kier alpha value is -2.76. The lowest BCUT2D eigenvalue weighted by molar-refractivity contribution is -0.122. The number of ether oxygens (including phenoxy) is 2. The van der Waals surface area contributed by atoms with Crippen molar-refractivity contribution < 1.29 is 19.4 Å². The maximum Gasteiger partial charge on any atom is 0.228 e. The lowest BCUT2D eigenvalue weighted by atomic mass is 9.77. The maximum atomic E-state index is 12.8. The van der Waals surface area contributed by atoms with Gasteiger partial charge in [0.15, 0.2) is 5.82 Å². The second-order valence-electron chi connectivity index (χ2n) is 8.52. The topological polar surface area (TPSA) is 117 Å². The molecule has 0 spiro atoms. The van der Waals surface area contributed by atoms with Crippen molar-refractivity contribution in [2.24, 2.45) is 5.92 Å². The smallest absolute Gasteiger partial charge is 0.228 e. The number of benzene rings is 1. The zero-order chi connectivity index (χ0) is 21.8. The van der Waals surface area contributed by atoms with Gasteiger partial charge in [0.05, 0.1) is 36.9 Å². The Labute approximate surface area is 181 Å². The summed E-state index contributed by atoms with van der Waals surface area (Å²) < 4.78 is 11.0. The van der Waals surface area contributed by atoms with Gasteiger partial charge in [-0.1, -0.05) is 6.07 Å². The van der Waals surface area contributed by atoms with Crippen molar-refractivity contribution in [3.05, 3.63) is 23.9 Å². The number of nitriles is 1.